The number of aromatic nitrogens is 2. The van der Waals surface area contributed by atoms with Gasteiger partial charge in [-0.2, -0.15) is 5.10 Å². The van der Waals surface area contributed by atoms with Crippen molar-refractivity contribution in [2.24, 2.45) is 0 Å². The van der Waals surface area contributed by atoms with Crippen LogP contribution in [0.3, 0.4) is 0 Å². The first-order chi connectivity index (χ1) is 14.5. The fourth-order valence-corrected chi connectivity index (χ4v) is 4.74. The number of halogens is 1. The molecule has 0 fully saturated rings. The van der Waals surface area contributed by atoms with E-state index in [1.54, 1.807) is 27.9 Å². The molecule has 150 valence electrons. The van der Waals surface area contributed by atoms with Crippen LogP contribution in [-0.4, -0.2) is 28.1 Å². The number of hydrogen-bond acceptors (Lipinski definition) is 3. The van der Waals surface area contributed by atoms with Crippen LogP contribution in [0, 0.1) is 6.92 Å². The second-order valence-corrected chi connectivity index (χ2v) is 8.03. The average Bonchev–Trinajstić information content (AvgIpc) is 3.23. The Hall–Kier alpha value is -3.38. The molecule has 7 heteroatoms. The number of nitrogens with zero attached hydrogens (tertiary/aromatic N) is 3. The van der Waals surface area contributed by atoms with E-state index in [4.69, 9.17) is 11.6 Å². The average molecular weight is 419 g/mol. The lowest BCUT2D eigenvalue weighted by molar-refractivity contribution is -0.126. The topological polar surface area (TPSA) is 67.2 Å². The number of hydrogen-bond donors (Lipinski definition) is 1. The number of amides is 2. The van der Waals surface area contributed by atoms with Crippen molar-refractivity contribution in [3.8, 4) is 5.69 Å². The van der Waals surface area contributed by atoms with Gasteiger partial charge in [-0.25, -0.2) is 4.68 Å². The highest BCUT2D eigenvalue weighted by atomic mass is 35.5. The molecule has 1 N–H and O–H groups in total. The Bertz CT molecular complexity index is 1230. The molecule has 3 heterocycles. The molecule has 1 atom stereocenters. The molecule has 2 aromatic carbocycles. The number of carbonyl (C=O) groups is 2. The molecule has 0 radical (unpaired) electrons. The maximum Gasteiger partial charge on any atom is 0.243 e. The Kier molecular flexibility index (Phi) is 4.08. The fourth-order valence-electron chi connectivity index (χ4n) is 4.52. The number of para-hydroxylation sites is 1. The van der Waals surface area contributed by atoms with Crippen molar-refractivity contribution >= 4 is 34.9 Å². The number of fused-ring (bicyclic) bond motifs is 4. The van der Waals surface area contributed by atoms with Crippen LogP contribution in [0.4, 0.5) is 11.5 Å². The van der Waals surface area contributed by atoms with E-state index < -0.39 is 5.41 Å². The first-order valence-corrected chi connectivity index (χ1v) is 10.0. The molecule has 6 nitrogen and oxygen atoms in total. The molecule has 2 aliphatic rings. The standard InChI is InChI=1S/C23H19ClN4O2/c1-3-10-27-18-9-8-14(2)11-15(18)23(22(27)30)12-20(29)26-21-16(23)13-25-28(21)19-7-5-4-6-17(19)24/h3-9,11,13H,1,10,12H2,2H3,(H,26,29)/t23-/m1/s1. The van der Waals surface area contributed by atoms with Gasteiger partial charge in [0.1, 0.15) is 11.2 Å². The van der Waals surface area contributed by atoms with Gasteiger partial charge in [-0.1, -0.05) is 47.5 Å². The fraction of sp³-hybridized carbons (Fsp3) is 0.174. The van der Waals surface area contributed by atoms with Gasteiger partial charge < -0.3 is 10.2 Å². The molecule has 2 aliphatic heterocycles. The lowest BCUT2D eigenvalue weighted by atomic mass is 9.71. The molecule has 0 bridgehead atoms. The molecule has 30 heavy (non-hydrogen) atoms. The summed E-state index contributed by atoms with van der Waals surface area (Å²) in [4.78, 5) is 28.4. The predicted molar refractivity (Wildman–Crippen MR) is 116 cm³/mol. The molecule has 2 amide bonds. The lowest BCUT2D eigenvalue weighted by Crippen LogP contribution is -2.46. The monoisotopic (exact) mass is 418 g/mol. The van der Waals surface area contributed by atoms with Gasteiger partial charge in [0.25, 0.3) is 0 Å². The van der Waals surface area contributed by atoms with Gasteiger partial charge in [-0.3, -0.25) is 9.59 Å². The molecule has 5 rings (SSSR count). The van der Waals surface area contributed by atoms with Crippen molar-refractivity contribution in [2.45, 2.75) is 18.8 Å². The maximum atomic E-state index is 13.8. The van der Waals surface area contributed by atoms with E-state index in [1.165, 1.54) is 0 Å². The molecule has 3 aromatic rings. The van der Waals surface area contributed by atoms with E-state index in [0.29, 0.717) is 28.6 Å². The summed E-state index contributed by atoms with van der Waals surface area (Å²) in [6.45, 7) is 6.14. The Morgan fingerprint density at radius 2 is 2.00 bits per heavy atom. The Labute approximate surface area is 178 Å². The minimum absolute atomic E-state index is 0.0249. The van der Waals surface area contributed by atoms with Gasteiger partial charge in [0.15, 0.2) is 0 Å². The van der Waals surface area contributed by atoms with E-state index in [1.807, 2.05) is 43.3 Å². The molecular weight excluding hydrogens is 400 g/mol. The van der Waals surface area contributed by atoms with Crippen LogP contribution in [0.5, 0.6) is 0 Å². The van der Waals surface area contributed by atoms with E-state index >= 15 is 0 Å². The van der Waals surface area contributed by atoms with Crippen LogP contribution in [0.2, 0.25) is 5.02 Å². The third kappa shape index (κ3) is 2.40. The van der Waals surface area contributed by atoms with Gasteiger partial charge in [0, 0.05) is 24.2 Å². The largest absolute Gasteiger partial charge is 0.310 e. The molecule has 1 spiro atoms. The maximum absolute atomic E-state index is 13.8. The SMILES string of the molecule is C=CCN1C(=O)[C@]2(CC(=O)Nc3c2cnn3-c2ccccc2Cl)c2cc(C)ccc21. The van der Waals surface area contributed by atoms with Crippen molar-refractivity contribution in [3.05, 3.63) is 83.0 Å². The predicted octanol–water partition coefficient (Wildman–Crippen LogP) is 4.00. The van der Waals surface area contributed by atoms with Crippen LogP contribution >= 0.6 is 11.6 Å². The van der Waals surface area contributed by atoms with Crippen molar-refractivity contribution in [1.29, 1.82) is 0 Å². The van der Waals surface area contributed by atoms with Crippen LogP contribution in [-0.2, 0) is 15.0 Å². The van der Waals surface area contributed by atoms with Crippen LogP contribution in [0.25, 0.3) is 5.69 Å². The molecule has 0 aliphatic carbocycles. The number of carbonyl (C=O) groups excluding carboxylic acids is 2. The highest BCUT2D eigenvalue weighted by Crippen LogP contribution is 2.52. The van der Waals surface area contributed by atoms with E-state index in [9.17, 15) is 9.59 Å². The van der Waals surface area contributed by atoms with E-state index in [-0.39, 0.29) is 18.2 Å². The van der Waals surface area contributed by atoms with E-state index in [0.717, 1.165) is 16.8 Å². The highest BCUT2D eigenvalue weighted by Gasteiger charge is 2.57. The molecular formula is C23H19ClN4O2. The number of nitrogens with one attached hydrogen (secondary N) is 1. The zero-order valence-electron chi connectivity index (χ0n) is 16.4. The number of aryl methyl sites for hydroxylation is 1. The van der Waals surface area contributed by atoms with Crippen LogP contribution in [0.1, 0.15) is 23.1 Å². The minimum atomic E-state index is -1.12. The van der Waals surface area contributed by atoms with Crippen molar-refractivity contribution in [3.63, 3.8) is 0 Å². The van der Waals surface area contributed by atoms with Gasteiger partial charge in [-0.15, -0.1) is 6.58 Å². The van der Waals surface area contributed by atoms with Gasteiger partial charge in [0.05, 0.1) is 16.9 Å². The number of benzene rings is 2. The quantitative estimate of drug-likeness (QED) is 0.654. The van der Waals surface area contributed by atoms with E-state index in [2.05, 4.69) is 17.0 Å². The summed E-state index contributed by atoms with van der Waals surface area (Å²) in [6.07, 6.45) is 3.38. The first kappa shape index (κ1) is 18.6. The highest BCUT2D eigenvalue weighted by molar-refractivity contribution is 6.32. The summed E-state index contributed by atoms with van der Waals surface area (Å²) in [5.74, 6) is 0.0935. The van der Waals surface area contributed by atoms with Crippen molar-refractivity contribution < 1.29 is 9.59 Å². The first-order valence-electron chi connectivity index (χ1n) is 9.64. The van der Waals surface area contributed by atoms with Gasteiger partial charge >= 0.3 is 0 Å². The summed E-state index contributed by atoms with van der Waals surface area (Å²) in [7, 11) is 0. The molecule has 0 unspecified atom stereocenters. The van der Waals surface area contributed by atoms with Crippen LogP contribution < -0.4 is 10.2 Å². The summed E-state index contributed by atoms with van der Waals surface area (Å²) in [5.41, 5.74) is 2.83. The summed E-state index contributed by atoms with van der Waals surface area (Å²) in [6, 6.07) is 13.2. The summed E-state index contributed by atoms with van der Waals surface area (Å²) < 4.78 is 1.59. The lowest BCUT2D eigenvalue weighted by Gasteiger charge is -2.32. The summed E-state index contributed by atoms with van der Waals surface area (Å²) in [5, 5.41) is 7.92. The summed E-state index contributed by atoms with van der Waals surface area (Å²) >= 11 is 6.38. The molecule has 0 saturated carbocycles. The zero-order chi connectivity index (χ0) is 21.0. The smallest absolute Gasteiger partial charge is 0.243 e. The van der Waals surface area contributed by atoms with Crippen molar-refractivity contribution in [1.82, 2.24) is 9.78 Å². The Morgan fingerprint density at radius 1 is 1.20 bits per heavy atom. The number of rotatable bonds is 3. The number of anilines is 2. The van der Waals surface area contributed by atoms with Gasteiger partial charge in [0.2, 0.25) is 11.8 Å². The molecule has 0 saturated heterocycles. The normalized spacial score (nSPS) is 19.6. The minimum Gasteiger partial charge on any atom is -0.310 e. The van der Waals surface area contributed by atoms with Gasteiger partial charge in [-0.05, 0) is 30.7 Å². The second kappa shape index (κ2) is 6.57. The van der Waals surface area contributed by atoms with Crippen molar-refractivity contribution in [2.75, 3.05) is 16.8 Å². The second-order valence-electron chi connectivity index (χ2n) is 7.63. The zero-order valence-corrected chi connectivity index (χ0v) is 17.1. The third-order valence-electron chi connectivity index (χ3n) is 5.82. The molecule has 1 aromatic heterocycles. The Morgan fingerprint density at radius 3 is 2.77 bits per heavy atom. The third-order valence-corrected chi connectivity index (χ3v) is 6.14. The Balaban J connectivity index is 1.79. The van der Waals surface area contributed by atoms with Crippen LogP contribution in [0.15, 0.2) is 61.3 Å².